The molecule has 0 amide bonds. The molecule has 1 N–H and O–H groups in total. The molecule has 6 nitrogen and oxygen atoms in total. The van der Waals surface area contributed by atoms with E-state index in [9.17, 15) is 14.5 Å². The molecule has 0 saturated heterocycles. The number of hydrogen-bond acceptors (Lipinski definition) is 6. The highest BCUT2D eigenvalue weighted by molar-refractivity contribution is 7.34. The zero-order chi connectivity index (χ0) is 15.8. The number of benzene rings is 1. The maximum absolute atomic E-state index is 11.4. The molecule has 0 aliphatic carbocycles. The van der Waals surface area contributed by atoms with Crippen molar-refractivity contribution in [2.24, 2.45) is 0 Å². The van der Waals surface area contributed by atoms with Crippen LogP contribution >= 0.6 is 8.46 Å². The van der Waals surface area contributed by atoms with Crippen LogP contribution in [0.15, 0.2) is 6.07 Å². The van der Waals surface area contributed by atoms with Gasteiger partial charge < -0.3 is 19.3 Å². The topological polar surface area (TPSA) is 82.1 Å². The van der Waals surface area contributed by atoms with Gasteiger partial charge >= 0.3 is 14.4 Å². The average molecular weight is 315 g/mol. The molecule has 0 aliphatic rings. The minimum atomic E-state index is -0.887. The molecule has 1 unspecified atom stereocenters. The Morgan fingerprint density at radius 1 is 1.29 bits per heavy atom. The van der Waals surface area contributed by atoms with E-state index in [1.165, 1.54) is 7.11 Å². The summed E-state index contributed by atoms with van der Waals surface area (Å²) in [6.45, 7) is 4.29. The van der Waals surface area contributed by atoms with Crippen molar-refractivity contribution in [3.63, 3.8) is 0 Å². The molecule has 0 spiro atoms. The Bertz CT molecular complexity index is 515. The van der Waals surface area contributed by atoms with Crippen molar-refractivity contribution in [1.29, 1.82) is 0 Å². The van der Waals surface area contributed by atoms with Crippen LogP contribution in [0, 0.1) is 0 Å². The van der Waals surface area contributed by atoms with Crippen LogP contribution in [-0.4, -0.2) is 31.4 Å². The third kappa shape index (κ3) is 4.33. The lowest BCUT2D eigenvalue weighted by atomic mass is 10.1. The molecule has 0 bridgehead atoms. The van der Waals surface area contributed by atoms with Crippen LogP contribution in [0.3, 0.4) is 0 Å². The Morgan fingerprint density at radius 3 is 2.48 bits per heavy atom. The zero-order valence-corrected chi connectivity index (χ0v) is 13.4. The lowest BCUT2D eigenvalue weighted by Crippen LogP contribution is -2.11. The van der Waals surface area contributed by atoms with Crippen LogP contribution in [0.5, 0.6) is 17.2 Å². The van der Waals surface area contributed by atoms with Crippen LogP contribution in [0.4, 0.5) is 0 Å². The van der Waals surface area contributed by atoms with E-state index in [1.54, 1.807) is 19.9 Å². The third-order valence-electron chi connectivity index (χ3n) is 2.81. The van der Waals surface area contributed by atoms with Gasteiger partial charge in [-0.1, -0.05) is 4.57 Å². The maximum atomic E-state index is 11.4. The maximum Gasteiger partial charge on any atom is 0.371 e. The number of aromatic hydroxyl groups is 1. The molecule has 1 aromatic carbocycles. The second-order valence-corrected chi connectivity index (χ2v) is 4.83. The number of phenolic OH excluding ortho intramolecular Hbond substituents is 1. The summed E-state index contributed by atoms with van der Waals surface area (Å²) in [5.41, 5.74) is 0.654. The predicted octanol–water partition coefficient (Wildman–Crippen LogP) is 1.94. The number of ether oxygens (including phenoxy) is 3. The Balaban J connectivity index is 3.25. The van der Waals surface area contributed by atoms with Crippen LogP contribution in [0.1, 0.15) is 25.8 Å². The Morgan fingerprint density at radius 2 is 1.95 bits per heavy atom. The van der Waals surface area contributed by atoms with Crippen LogP contribution in [0.25, 0.3) is 0 Å². The highest BCUT2D eigenvalue weighted by Gasteiger charge is 2.26. The molecule has 0 aliphatic heterocycles. The van der Waals surface area contributed by atoms with Crippen molar-refractivity contribution in [2.45, 2.75) is 26.7 Å². The molecular formula is C14H20O6P+. The molecule has 0 fully saturated rings. The first-order chi connectivity index (χ1) is 10.1. The second-order valence-electron chi connectivity index (χ2n) is 4.13. The second kappa shape index (κ2) is 8.47. The van der Waals surface area contributed by atoms with Crippen LogP contribution < -0.4 is 14.8 Å². The van der Waals surface area contributed by atoms with E-state index in [2.05, 4.69) is 4.74 Å². The summed E-state index contributed by atoms with van der Waals surface area (Å²) < 4.78 is 26.8. The highest BCUT2D eigenvalue weighted by Crippen LogP contribution is 2.35. The lowest BCUT2D eigenvalue weighted by Gasteiger charge is -2.13. The van der Waals surface area contributed by atoms with E-state index in [1.807, 2.05) is 0 Å². The van der Waals surface area contributed by atoms with E-state index in [0.717, 1.165) is 0 Å². The van der Waals surface area contributed by atoms with Gasteiger partial charge in [0.2, 0.25) is 5.75 Å². The summed E-state index contributed by atoms with van der Waals surface area (Å²) in [7, 11) is 0.431. The SMILES string of the molecule is CCOc1cc(CCC(=O)OC)c(OCC)c([PH+]=O)c1O. The van der Waals surface area contributed by atoms with Gasteiger partial charge in [0.25, 0.3) is 5.30 Å². The number of carbonyl (C=O) groups is 1. The summed E-state index contributed by atoms with van der Waals surface area (Å²) in [5.74, 6) is 0.0416. The van der Waals surface area contributed by atoms with E-state index < -0.39 is 8.46 Å². The third-order valence-corrected chi connectivity index (χ3v) is 3.48. The van der Waals surface area contributed by atoms with Gasteiger partial charge in [0, 0.05) is 12.0 Å². The van der Waals surface area contributed by atoms with Crippen LogP contribution in [-0.2, 0) is 20.5 Å². The van der Waals surface area contributed by atoms with Crippen molar-refractivity contribution in [1.82, 2.24) is 0 Å². The van der Waals surface area contributed by atoms with E-state index in [-0.39, 0.29) is 29.2 Å². The van der Waals surface area contributed by atoms with Gasteiger partial charge in [0.1, 0.15) is 0 Å². The molecule has 21 heavy (non-hydrogen) atoms. The quantitative estimate of drug-likeness (QED) is 0.583. The summed E-state index contributed by atoms with van der Waals surface area (Å²) in [6, 6.07) is 1.61. The molecule has 1 aromatic rings. The first kappa shape index (κ1) is 17.2. The van der Waals surface area contributed by atoms with E-state index in [0.29, 0.717) is 30.9 Å². The number of rotatable bonds is 8. The van der Waals surface area contributed by atoms with Crippen molar-refractivity contribution in [3.05, 3.63) is 11.6 Å². The number of methoxy groups -OCH3 is 1. The molecular weight excluding hydrogens is 295 g/mol. The molecule has 0 heterocycles. The lowest BCUT2D eigenvalue weighted by molar-refractivity contribution is -0.140. The zero-order valence-electron chi connectivity index (χ0n) is 12.4. The normalized spacial score (nSPS) is 10.4. The monoisotopic (exact) mass is 315 g/mol. The predicted molar refractivity (Wildman–Crippen MR) is 79.4 cm³/mol. The van der Waals surface area contributed by atoms with E-state index >= 15 is 0 Å². The highest BCUT2D eigenvalue weighted by atomic mass is 31.1. The summed E-state index contributed by atoms with van der Waals surface area (Å²) in [6.07, 6.45) is 0.508. The minimum Gasteiger partial charge on any atom is -0.501 e. The number of carbonyl (C=O) groups excluding carboxylic acids is 1. The number of aryl methyl sites for hydroxylation is 1. The number of esters is 1. The van der Waals surface area contributed by atoms with Crippen molar-refractivity contribution < 1.29 is 28.7 Å². The molecule has 7 heteroatoms. The fourth-order valence-corrected chi connectivity index (χ4v) is 2.42. The first-order valence-corrected chi connectivity index (χ1v) is 7.59. The summed E-state index contributed by atoms with van der Waals surface area (Å²) in [5, 5.41) is 10.3. The fraction of sp³-hybridized carbons (Fsp3) is 0.500. The van der Waals surface area contributed by atoms with Gasteiger partial charge in [-0.25, -0.2) is 0 Å². The van der Waals surface area contributed by atoms with Crippen LogP contribution in [0.2, 0.25) is 0 Å². The molecule has 0 aromatic heterocycles. The molecule has 0 radical (unpaired) electrons. The van der Waals surface area contributed by atoms with Gasteiger partial charge in [-0.2, -0.15) is 0 Å². The van der Waals surface area contributed by atoms with Gasteiger partial charge in [-0.05, 0) is 26.3 Å². The van der Waals surface area contributed by atoms with Gasteiger partial charge in [-0.3, -0.25) is 4.79 Å². The Kier molecular flexibility index (Phi) is 6.96. The fourth-order valence-electron chi connectivity index (χ4n) is 1.88. The van der Waals surface area contributed by atoms with Gasteiger partial charge in [0.05, 0.1) is 20.3 Å². The van der Waals surface area contributed by atoms with Crippen molar-refractivity contribution in [2.75, 3.05) is 20.3 Å². The molecule has 1 rings (SSSR count). The molecule has 0 saturated carbocycles. The standard InChI is InChI=1S/C14H19O6P/c1-4-19-10-8-9(6-7-11(15)18-3)13(20-5-2)14(21-17)12(10)16/h8,16H,4-7H2,1-3H3/p+1. The minimum absolute atomic E-state index is 0.161. The smallest absolute Gasteiger partial charge is 0.371 e. The van der Waals surface area contributed by atoms with Gasteiger partial charge in [-0.15, -0.1) is 0 Å². The summed E-state index contributed by atoms with van der Waals surface area (Å²) in [4.78, 5) is 11.3. The molecule has 116 valence electrons. The number of hydrogen-bond donors (Lipinski definition) is 1. The largest absolute Gasteiger partial charge is 0.501 e. The first-order valence-electron chi connectivity index (χ1n) is 6.68. The van der Waals surface area contributed by atoms with E-state index in [4.69, 9.17) is 9.47 Å². The molecule has 1 atom stereocenters. The van der Waals surface area contributed by atoms with Crippen molar-refractivity contribution in [3.8, 4) is 17.2 Å². The Hall–Kier alpha value is -1.81. The summed E-state index contributed by atoms with van der Waals surface area (Å²) >= 11 is 0. The average Bonchev–Trinajstić information content (AvgIpc) is 2.49. The van der Waals surface area contributed by atoms with Crippen molar-refractivity contribution >= 4 is 19.7 Å². The number of phenols is 1. The Labute approximate surface area is 125 Å². The van der Waals surface area contributed by atoms with Gasteiger partial charge in [0.15, 0.2) is 11.5 Å².